The number of carbonyl (C=O) groups excluding carboxylic acids is 2. The molecule has 10 heteroatoms. The minimum absolute atomic E-state index is 0.0156. The number of nitrogens with zero attached hydrogens (tertiary/aromatic N) is 4. The zero-order valence-electron chi connectivity index (χ0n) is 20.6. The molecule has 1 saturated heterocycles. The fourth-order valence-electron chi connectivity index (χ4n) is 4.65. The van der Waals surface area contributed by atoms with Crippen LogP contribution >= 0.6 is 0 Å². The number of rotatable bonds is 9. The minimum Gasteiger partial charge on any atom is -0.384 e. The molecule has 1 amide bonds. The number of hydrogen-bond donors (Lipinski definition) is 1. The third-order valence-corrected chi connectivity index (χ3v) is 6.64. The molecule has 0 radical (unpaired) electrons. The second-order valence-electron chi connectivity index (χ2n) is 8.72. The summed E-state index contributed by atoms with van der Waals surface area (Å²) in [6.07, 6.45) is 2.37. The highest BCUT2D eigenvalue weighted by Gasteiger charge is 2.33. The summed E-state index contributed by atoms with van der Waals surface area (Å²) in [6.45, 7) is 7.09. The average molecular weight is 488 g/mol. The number of Topliss-reactive ketones (excluding diaryl/α,β-unsaturated/α-hetero) is 1. The van der Waals surface area contributed by atoms with Crippen molar-refractivity contribution in [3.8, 4) is 0 Å². The van der Waals surface area contributed by atoms with Gasteiger partial charge in [0.1, 0.15) is 17.2 Å². The van der Waals surface area contributed by atoms with Gasteiger partial charge in [-0.25, -0.2) is 9.18 Å². The predicted molar refractivity (Wildman–Crippen MR) is 132 cm³/mol. The van der Waals surface area contributed by atoms with Gasteiger partial charge < -0.3 is 10.6 Å². The van der Waals surface area contributed by atoms with Crippen molar-refractivity contribution in [1.82, 2.24) is 18.9 Å². The summed E-state index contributed by atoms with van der Waals surface area (Å²) >= 11 is 0. The number of nitrogens with two attached hydrogens (primary N) is 1. The summed E-state index contributed by atoms with van der Waals surface area (Å²) in [6, 6.07) is 5.12. The number of amides is 1. The van der Waals surface area contributed by atoms with Gasteiger partial charge >= 0.3 is 5.69 Å². The van der Waals surface area contributed by atoms with Crippen molar-refractivity contribution >= 4 is 17.5 Å². The molecule has 1 aliphatic rings. The maximum absolute atomic E-state index is 13.4. The normalized spacial score (nSPS) is 16.3. The van der Waals surface area contributed by atoms with Crippen LogP contribution in [0.5, 0.6) is 0 Å². The number of piperidine rings is 1. The maximum Gasteiger partial charge on any atom is 0.332 e. The zero-order chi connectivity index (χ0) is 25.7. The highest BCUT2D eigenvalue weighted by Crippen LogP contribution is 2.20. The first-order valence-corrected chi connectivity index (χ1v) is 12.2. The summed E-state index contributed by atoms with van der Waals surface area (Å²) in [7, 11) is 0. The van der Waals surface area contributed by atoms with Gasteiger partial charge in [-0.15, -0.1) is 0 Å². The number of hydrogen-bond acceptors (Lipinski definition) is 6. The molecule has 3 rings (SSSR count). The van der Waals surface area contributed by atoms with Gasteiger partial charge in [-0.2, -0.15) is 0 Å². The van der Waals surface area contributed by atoms with E-state index in [1.54, 1.807) is 11.8 Å². The topological polar surface area (TPSA) is 111 Å². The predicted octanol–water partition coefficient (Wildman–Crippen LogP) is 1.71. The number of carbonyl (C=O) groups is 2. The molecule has 0 unspecified atom stereocenters. The third kappa shape index (κ3) is 5.53. The second-order valence-corrected chi connectivity index (χ2v) is 8.72. The highest BCUT2D eigenvalue weighted by atomic mass is 19.1. The Hall–Kier alpha value is -3.27. The zero-order valence-corrected chi connectivity index (χ0v) is 20.6. The van der Waals surface area contributed by atoms with E-state index >= 15 is 0 Å². The second kappa shape index (κ2) is 11.4. The number of nitrogen functional groups attached to an aromatic ring is 1. The number of aromatic nitrogens is 2. The molecule has 2 aromatic rings. The van der Waals surface area contributed by atoms with Crippen molar-refractivity contribution < 1.29 is 14.0 Å². The molecule has 1 atom stereocenters. The van der Waals surface area contributed by atoms with E-state index < -0.39 is 28.9 Å². The van der Waals surface area contributed by atoms with Crippen LogP contribution in [0.25, 0.3) is 0 Å². The van der Waals surface area contributed by atoms with E-state index in [2.05, 4.69) is 0 Å². The quantitative estimate of drug-likeness (QED) is 0.539. The van der Waals surface area contributed by atoms with E-state index in [4.69, 9.17) is 5.73 Å². The van der Waals surface area contributed by atoms with Crippen LogP contribution in [-0.4, -0.2) is 62.8 Å². The minimum atomic E-state index is -0.737. The molecule has 2 N–H and O–H groups in total. The van der Waals surface area contributed by atoms with Crippen molar-refractivity contribution in [1.29, 1.82) is 0 Å². The maximum atomic E-state index is 13.4. The molecule has 2 heterocycles. The molecule has 1 aromatic carbocycles. The van der Waals surface area contributed by atoms with Gasteiger partial charge in [-0.05, 0) is 57.9 Å². The number of benzene rings is 1. The summed E-state index contributed by atoms with van der Waals surface area (Å²) in [4.78, 5) is 56.1. The summed E-state index contributed by atoms with van der Waals surface area (Å²) in [5.41, 5.74) is 5.21. The van der Waals surface area contributed by atoms with E-state index in [-0.39, 0.29) is 36.9 Å². The molecule has 0 saturated carbocycles. The molecular formula is C25H34FN5O4. The largest absolute Gasteiger partial charge is 0.384 e. The third-order valence-electron chi connectivity index (χ3n) is 6.64. The Morgan fingerprint density at radius 2 is 1.71 bits per heavy atom. The molecule has 1 fully saturated rings. The average Bonchev–Trinajstić information content (AvgIpc) is 2.84. The Labute approximate surface area is 203 Å². The Morgan fingerprint density at radius 3 is 2.31 bits per heavy atom. The Balaban J connectivity index is 1.97. The van der Waals surface area contributed by atoms with Crippen LogP contribution in [0.15, 0.2) is 33.9 Å². The Kier molecular flexibility index (Phi) is 8.61. The van der Waals surface area contributed by atoms with Crippen molar-refractivity contribution in [2.45, 2.75) is 59.2 Å². The van der Waals surface area contributed by atoms with Crippen LogP contribution < -0.4 is 17.0 Å². The number of ketones is 1. The van der Waals surface area contributed by atoms with Crippen LogP contribution in [0, 0.1) is 5.82 Å². The van der Waals surface area contributed by atoms with E-state index in [0.29, 0.717) is 31.6 Å². The van der Waals surface area contributed by atoms with E-state index in [1.807, 2.05) is 18.7 Å². The smallest absolute Gasteiger partial charge is 0.332 e. The van der Waals surface area contributed by atoms with Gasteiger partial charge in [0.2, 0.25) is 5.91 Å². The lowest BCUT2D eigenvalue weighted by atomic mass is 9.99. The van der Waals surface area contributed by atoms with E-state index in [0.717, 1.165) is 17.4 Å². The first kappa shape index (κ1) is 26.3. The SMILES string of the molecule is CCN(CC)C(=O)[C@H]1CCCCN1CC(=O)c1c(N)n(Cc2ccc(F)cc2)c(=O)n(CC)c1=O. The number of likely N-dealkylation sites (N-methyl/N-ethyl adjacent to an activating group) is 1. The first-order chi connectivity index (χ1) is 16.7. The van der Waals surface area contributed by atoms with Crippen LogP contribution in [0.4, 0.5) is 10.2 Å². The van der Waals surface area contributed by atoms with Gasteiger partial charge in [0, 0.05) is 19.6 Å². The van der Waals surface area contributed by atoms with Crippen LogP contribution in [-0.2, 0) is 17.9 Å². The van der Waals surface area contributed by atoms with Crippen molar-refractivity contribution in [3.63, 3.8) is 0 Å². The standard InChI is InChI=1S/C25H34FN5O4/c1-4-28(5-2)23(33)19-9-7-8-14-29(19)16-20(32)21-22(27)31(25(35)30(6-3)24(21)34)15-17-10-12-18(26)13-11-17/h10-13,19H,4-9,14-16,27H2,1-3H3/t19-/m1/s1. The molecule has 35 heavy (non-hydrogen) atoms. The summed E-state index contributed by atoms with van der Waals surface area (Å²) in [5.74, 6) is -1.19. The fraction of sp³-hybridized carbons (Fsp3) is 0.520. The van der Waals surface area contributed by atoms with Crippen molar-refractivity contribution in [2.24, 2.45) is 0 Å². The molecule has 9 nitrogen and oxygen atoms in total. The van der Waals surface area contributed by atoms with E-state index in [9.17, 15) is 23.6 Å². The van der Waals surface area contributed by atoms with Crippen LogP contribution in [0.3, 0.4) is 0 Å². The molecule has 1 aromatic heterocycles. The lowest BCUT2D eigenvalue weighted by molar-refractivity contribution is -0.137. The van der Waals surface area contributed by atoms with Crippen molar-refractivity contribution in [2.75, 3.05) is 31.9 Å². The van der Waals surface area contributed by atoms with Gasteiger partial charge in [-0.3, -0.25) is 28.4 Å². The van der Waals surface area contributed by atoms with Crippen LogP contribution in [0.2, 0.25) is 0 Å². The van der Waals surface area contributed by atoms with Gasteiger partial charge in [-0.1, -0.05) is 18.6 Å². The molecule has 0 aliphatic carbocycles. The summed E-state index contributed by atoms with van der Waals surface area (Å²) in [5, 5.41) is 0. The van der Waals surface area contributed by atoms with Gasteiger partial charge in [0.25, 0.3) is 5.56 Å². The van der Waals surface area contributed by atoms with E-state index in [1.165, 1.54) is 28.8 Å². The number of halogens is 1. The number of anilines is 1. The fourth-order valence-corrected chi connectivity index (χ4v) is 4.65. The lowest BCUT2D eigenvalue weighted by Crippen LogP contribution is -2.53. The van der Waals surface area contributed by atoms with Crippen LogP contribution in [0.1, 0.15) is 56.0 Å². The molecule has 190 valence electrons. The molecule has 0 spiro atoms. The van der Waals surface area contributed by atoms with Crippen molar-refractivity contribution in [3.05, 3.63) is 62.0 Å². The Morgan fingerprint density at radius 1 is 1.06 bits per heavy atom. The highest BCUT2D eigenvalue weighted by molar-refractivity contribution is 6.01. The molecule has 0 bridgehead atoms. The number of likely N-dealkylation sites (tertiary alicyclic amines) is 1. The Bertz CT molecular complexity index is 1180. The first-order valence-electron chi connectivity index (χ1n) is 12.2. The van der Waals surface area contributed by atoms with Gasteiger partial charge in [0.15, 0.2) is 5.78 Å². The molecule has 1 aliphatic heterocycles. The van der Waals surface area contributed by atoms with Gasteiger partial charge in [0.05, 0.1) is 19.1 Å². The molecular weight excluding hydrogens is 453 g/mol. The lowest BCUT2D eigenvalue weighted by Gasteiger charge is -2.36. The summed E-state index contributed by atoms with van der Waals surface area (Å²) < 4.78 is 15.5. The monoisotopic (exact) mass is 487 g/mol.